The van der Waals surface area contributed by atoms with Gasteiger partial charge >= 0.3 is 6.01 Å². The molecule has 1 unspecified atom stereocenters. The van der Waals surface area contributed by atoms with Crippen LogP contribution in [0.5, 0.6) is 17.6 Å². The largest absolute Gasteiger partial charge is 0.508 e. The molecule has 7 nitrogen and oxygen atoms in total. The molecular weight excluding hydrogens is 483 g/mol. The van der Waals surface area contributed by atoms with E-state index >= 15 is 4.39 Å². The number of aromatic nitrogens is 3. The van der Waals surface area contributed by atoms with E-state index in [2.05, 4.69) is 26.9 Å². The molecule has 1 atom stereocenters. The summed E-state index contributed by atoms with van der Waals surface area (Å²) < 4.78 is 28.2. The Bertz CT molecular complexity index is 1610. The van der Waals surface area contributed by atoms with Gasteiger partial charge in [-0.2, -0.15) is 9.97 Å². The first-order valence-electron chi connectivity index (χ1n) is 12.6. The van der Waals surface area contributed by atoms with E-state index in [1.54, 1.807) is 6.07 Å². The highest BCUT2D eigenvalue weighted by Gasteiger charge is 2.24. The monoisotopic (exact) mass is 510 g/mol. The van der Waals surface area contributed by atoms with Crippen molar-refractivity contribution in [3.8, 4) is 28.9 Å². The standard InChI is InChI=1S/C30H27FN4O3/c1-35-13-7-11-21(35)18-38-30-33-28-25(29(34-30)37-17-19-8-3-2-4-9-19)16-32-27(26(28)31)24-15-22(36)14-20-10-5-6-12-23(20)24/h2-6,8-10,12,14-16,21,36H,7,11,13,17-18H2,1H3. The van der Waals surface area contributed by atoms with E-state index in [0.29, 0.717) is 17.6 Å². The highest BCUT2D eigenvalue weighted by molar-refractivity contribution is 5.99. The Balaban J connectivity index is 1.44. The third-order valence-corrected chi connectivity index (χ3v) is 7.03. The number of aromatic hydroxyl groups is 1. The van der Waals surface area contributed by atoms with E-state index in [-0.39, 0.29) is 41.5 Å². The van der Waals surface area contributed by atoms with Gasteiger partial charge < -0.3 is 19.5 Å². The van der Waals surface area contributed by atoms with E-state index < -0.39 is 5.82 Å². The van der Waals surface area contributed by atoms with Gasteiger partial charge in [-0.15, -0.1) is 0 Å². The number of likely N-dealkylation sites (tertiary alicyclic amines) is 1. The molecule has 1 fully saturated rings. The van der Waals surface area contributed by atoms with Crippen LogP contribution < -0.4 is 9.47 Å². The molecule has 1 N–H and O–H groups in total. The number of nitrogens with zero attached hydrogens (tertiary/aromatic N) is 4. The Labute approximate surface area is 219 Å². The van der Waals surface area contributed by atoms with Crippen molar-refractivity contribution in [2.45, 2.75) is 25.5 Å². The second kappa shape index (κ2) is 10.2. The maximum absolute atomic E-state index is 16.2. The van der Waals surface area contributed by atoms with Crippen molar-refractivity contribution in [3.05, 3.63) is 84.3 Å². The van der Waals surface area contributed by atoms with Gasteiger partial charge in [0.15, 0.2) is 5.82 Å². The minimum atomic E-state index is -0.631. The lowest BCUT2D eigenvalue weighted by atomic mass is 10.0. The van der Waals surface area contributed by atoms with Gasteiger partial charge in [0.25, 0.3) is 0 Å². The Morgan fingerprint density at radius 1 is 1.00 bits per heavy atom. The summed E-state index contributed by atoms with van der Waals surface area (Å²) in [6, 6.07) is 20.6. The number of benzene rings is 3. The molecule has 5 aromatic rings. The Kier molecular flexibility index (Phi) is 6.47. The minimum absolute atomic E-state index is 0.0271. The summed E-state index contributed by atoms with van der Waals surface area (Å²) in [6.07, 6.45) is 3.64. The molecule has 6 rings (SSSR count). The van der Waals surface area contributed by atoms with Crippen LogP contribution in [0.3, 0.4) is 0 Å². The molecule has 0 spiro atoms. The zero-order valence-electron chi connectivity index (χ0n) is 21.0. The highest BCUT2D eigenvalue weighted by atomic mass is 19.1. The van der Waals surface area contributed by atoms with Gasteiger partial charge in [-0.05, 0) is 54.9 Å². The van der Waals surface area contributed by atoms with Crippen molar-refractivity contribution in [2.75, 3.05) is 20.2 Å². The van der Waals surface area contributed by atoms with Gasteiger partial charge in [0.05, 0.1) is 5.39 Å². The predicted molar refractivity (Wildman–Crippen MR) is 144 cm³/mol. The van der Waals surface area contributed by atoms with Gasteiger partial charge in [-0.3, -0.25) is 4.98 Å². The van der Waals surface area contributed by atoms with Crippen LogP contribution in [-0.4, -0.2) is 51.2 Å². The van der Waals surface area contributed by atoms with Crippen LogP contribution in [0.2, 0.25) is 0 Å². The first-order valence-corrected chi connectivity index (χ1v) is 12.6. The van der Waals surface area contributed by atoms with Crippen molar-refractivity contribution in [3.63, 3.8) is 0 Å². The Morgan fingerprint density at radius 3 is 2.63 bits per heavy atom. The topological polar surface area (TPSA) is 80.6 Å². The number of hydrogen-bond donors (Lipinski definition) is 1. The van der Waals surface area contributed by atoms with Gasteiger partial charge in [0.2, 0.25) is 5.88 Å². The molecule has 8 heteroatoms. The summed E-state index contributed by atoms with van der Waals surface area (Å²) in [6.45, 7) is 1.66. The molecule has 192 valence electrons. The molecule has 0 amide bonds. The van der Waals surface area contributed by atoms with E-state index in [4.69, 9.17) is 9.47 Å². The SMILES string of the molecule is CN1CCCC1COc1nc(OCc2ccccc2)c2cnc(-c3cc(O)cc4ccccc34)c(F)c2n1. The number of pyridine rings is 1. The summed E-state index contributed by atoms with van der Waals surface area (Å²) in [5, 5.41) is 12.2. The van der Waals surface area contributed by atoms with E-state index in [0.717, 1.165) is 35.7 Å². The van der Waals surface area contributed by atoms with Crippen LogP contribution in [0.1, 0.15) is 18.4 Å². The lowest BCUT2D eigenvalue weighted by molar-refractivity contribution is 0.185. The third-order valence-electron chi connectivity index (χ3n) is 7.03. The van der Waals surface area contributed by atoms with Gasteiger partial charge in [0, 0.05) is 17.8 Å². The first kappa shape index (κ1) is 24.1. The van der Waals surface area contributed by atoms with Crippen molar-refractivity contribution >= 4 is 21.7 Å². The van der Waals surface area contributed by atoms with Crippen molar-refractivity contribution < 1.29 is 19.0 Å². The highest BCUT2D eigenvalue weighted by Crippen LogP contribution is 2.36. The molecule has 0 aliphatic carbocycles. The maximum Gasteiger partial charge on any atom is 0.320 e. The van der Waals surface area contributed by atoms with Crippen LogP contribution in [0.15, 0.2) is 72.9 Å². The van der Waals surface area contributed by atoms with E-state index in [1.807, 2.05) is 54.6 Å². The van der Waals surface area contributed by atoms with Crippen LogP contribution in [0.25, 0.3) is 32.9 Å². The van der Waals surface area contributed by atoms with Crippen LogP contribution >= 0.6 is 0 Å². The summed E-state index contributed by atoms with van der Waals surface area (Å²) in [5.41, 5.74) is 1.56. The summed E-state index contributed by atoms with van der Waals surface area (Å²) >= 11 is 0. The number of halogens is 1. The number of rotatable bonds is 7. The fourth-order valence-corrected chi connectivity index (χ4v) is 4.95. The fraction of sp³-hybridized carbons (Fsp3) is 0.233. The summed E-state index contributed by atoms with van der Waals surface area (Å²) in [5.74, 6) is -0.403. The fourth-order valence-electron chi connectivity index (χ4n) is 4.95. The Hall–Kier alpha value is -4.30. The molecule has 2 aromatic heterocycles. The van der Waals surface area contributed by atoms with Gasteiger partial charge in [0.1, 0.15) is 30.2 Å². The quantitative estimate of drug-likeness (QED) is 0.299. The molecule has 1 saturated heterocycles. The molecule has 3 aromatic carbocycles. The molecule has 3 heterocycles. The zero-order chi connectivity index (χ0) is 26.1. The van der Waals surface area contributed by atoms with Crippen LogP contribution in [0.4, 0.5) is 4.39 Å². The van der Waals surface area contributed by atoms with Gasteiger partial charge in [-0.1, -0.05) is 54.6 Å². The number of phenols is 1. The molecule has 38 heavy (non-hydrogen) atoms. The normalized spacial score (nSPS) is 15.8. The lowest BCUT2D eigenvalue weighted by Crippen LogP contribution is -2.30. The van der Waals surface area contributed by atoms with Gasteiger partial charge in [-0.25, -0.2) is 4.39 Å². The van der Waals surface area contributed by atoms with Crippen LogP contribution in [-0.2, 0) is 6.61 Å². The molecule has 0 bridgehead atoms. The number of phenolic OH excluding ortho intramolecular Hbond substituents is 1. The summed E-state index contributed by atoms with van der Waals surface area (Å²) in [7, 11) is 2.06. The second-order valence-corrected chi connectivity index (χ2v) is 9.57. The van der Waals surface area contributed by atoms with Crippen molar-refractivity contribution in [1.82, 2.24) is 19.9 Å². The first-order chi connectivity index (χ1) is 18.6. The zero-order valence-corrected chi connectivity index (χ0v) is 21.0. The molecule has 1 aliphatic heterocycles. The number of likely N-dealkylation sites (N-methyl/N-ethyl adjacent to an activating group) is 1. The molecule has 1 aliphatic rings. The number of hydrogen-bond acceptors (Lipinski definition) is 7. The Morgan fingerprint density at radius 2 is 1.82 bits per heavy atom. The second-order valence-electron chi connectivity index (χ2n) is 9.57. The number of fused-ring (bicyclic) bond motifs is 2. The van der Waals surface area contributed by atoms with Crippen LogP contribution in [0, 0.1) is 5.82 Å². The average molecular weight is 511 g/mol. The van der Waals surface area contributed by atoms with Crippen molar-refractivity contribution in [2.24, 2.45) is 0 Å². The predicted octanol–water partition coefficient (Wildman–Crippen LogP) is 5.74. The lowest BCUT2D eigenvalue weighted by Gasteiger charge is -2.19. The molecule has 0 saturated carbocycles. The van der Waals surface area contributed by atoms with Crippen molar-refractivity contribution in [1.29, 1.82) is 0 Å². The minimum Gasteiger partial charge on any atom is -0.508 e. The maximum atomic E-state index is 16.2. The smallest absolute Gasteiger partial charge is 0.320 e. The van der Waals surface area contributed by atoms with E-state index in [1.165, 1.54) is 12.3 Å². The van der Waals surface area contributed by atoms with E-state index in [9.17, 15) is 5.11 Å². The molecule has 0 radical (unpaired) electrons. The average Bonchev–Trinajstić information content (AvgIpc) is 3.35. The number of ether oxygens (including phenoxy) is 2. The third kappa shape index (κ3) is 4.70. The summed E-state index contributed by atoms with van der Waals surface area (Å²) in [4.78, 5) is 15.6. The molecular formula is C30H27FN4O3.